The van der Waals surface area contributed by atoms with Gasteiger partial charge in [-0.15, -0.1) is 0 Å². The lowest BCUT2D eigenvalue weighted by Crippen LogP contribution is -2.39. The summed E-state index contributed by atoms with van der Waals surface area (Å²) in [6.07, 6.45) is 35.1. The van der Waals surface area contributed by atoms with Crippen molar-refractivity contribution >= 4 is 0 Å². The van der Waals surface area contributed by atoms with E-state index in [2.05, 4.69) is 43.0 Å². The summed E-state index contributed by atoms with van der Waals surface area (Å²) in [5, 5.41) is 0. The van der Waals surface area contributed by atoms with Gasteiger partial charge in [0.25, 0.3) is 0 Å². The van der Waals surface area contributed by atoms with Gasteiger partial charge in [-0.05, 0) is 25.7 Å². The van der Waals surface area contributed by atoms with E-state index in [4.69, 9.17) is 0 Å². The summed E-state index contributed by atoms with van der Waals surface area (Å²) in [6.45, 7) is 9.42. The van der Waals surface area contributed by atoms with E-state index >= 15 is 0 Å². The second-order valence-corrected chi connectivity index (χ2v) is 10.1. The fraction of sp³-hybridized carbons (Fsp3) is 0.931. The van der Waals surface area contributed by atoms with Gasteiger partial charge in [0.15, 0.2) is 0 Å². The van der Waals surface area contributed by atoms with E-state index in [1.807, 2.05) is 0 Å². The molecule has 2 nitrogen and oxygen atoms in total. The molecule has 1 atom stereocenters. The Labute approximate surface area is 197 Å². The van der Waals surface area contributed by atoms with Crippen LogP contribution in [0, 0.1) is 0 Å². The molecule has 0 saturated carbocycles. The summed E-state index contributed by atoms with van der Waals surface area (Å²) in [4.78, 5) is 5.30. The topological polar surface area (TPSA) is 6.48 Å². The third kappa shape index (κ3) is 14.9. The second kappa shape index (κ2) is 21.2. The van der Waals surface area contributed by atoms with Gasteiger partial charge in [0, 0.05) is 25.5 Å². The third-order valence-corrected chi connectivity index (χ3v) is 7.07. The van der Waals surface area contributed by atoms with Crippen LogP contribution >= 0.6 is 0 Å². The van der Waals surface area contributed by atoms with Crippen LogP contribution in [0.5, 0.6) is 0 Å². The van der Waals surface area contributed by atoms with E-state index in [9.17, 15) is 0 Å². The number of hydrogen-bond acceptors (Lipinski definition) is 2. The van der Waals surface area contributed by atoms with Crippen molar-refractivity contribution in [1.29, 1.82) is 0 Å². The van der Waals surface area contributed by atoms with Crippen molar-refractivity contribution < 1.29 is 0 Å². The van der Waals surface area contributed by atoms with Gasteiger partial charge >= 0.3 is 0 Å². The molecule has 0 amide bonds. The van der Waals surface area contributed by atoms with Gasteiger partial charge in [-0.25, -0.2) is 0 Å². The van der Waals surface area contributed by atoms with E-state index in [1.54, 1.807) is 0 Å². The van der Waals surface area contributed by atoms with Gasteiger partial charge in [-0.3, -0.25) is 0 Å². The Morgan fingerprint density at radius 3 is 1.23 bits per heavy atom. The molecule has 0 saturated heterocycles. The second-order valence-electron chi connectivity index (χ2n) is 10.1. The van der Waals surface area contributed by atoms with Crippen molar-refractivity contribution in [3.63, 3.8) is 0 Å². The predicted molar refractivity (Wildman–Crippen MR) is 140 cm³/mol. The van der Waals surface area contributed by atoms with E-state index in [1.165, 1.54) is 148 Å². The zero-order chi connectivity index (χ0) is 22.4. The summed E-state index contributed by atoms with van der Waals surface area (Å²) < 4.78 is 0. The van der Waals surface area contributed by atoms with Gasteiger partial charge < -0.3 is 9.80 Å². The van der Waals surface area contributed by atoms with Gasteiger partial charge in [0.05, 0.1) is 0 Å². The first-order valence-electron chi connectivity index (χ1n) is 14.5. The Morgan fingerprint density at radius 1 is 0.419 bits per heavy atom. The van der Waals surface area contributed by atoms with Crippen molar-refractivity contribution in [2.45, 2.75) is 162 Å². The molecule has 0 radical (unpaired) electrons. The lowest BCUT2D eigenvalue weighted by atomic mass is 10.0. The van der Waals surface area contributed by atoms with Gasteiger partial charge in [0.1, 0.15) is 6.17 Å². The summed E-state index contributed by atoms with van der Waals surface area (Å²) >= 11 is 0. The van der Waals surface area contributed by atoms with Crippen molar-refractivity contribution in [1.82, 2.24) is 9.80 Å². The summed E-state index contributed by atoms with van der Waals surface area (Å²) in [7, 11) is 0. The first-order chi connectivity index (χ1) is 15.3. The first-order valence-corrected chi connectivity index (χ1v) is 14.5. The smallest absolute Gasteiger partial charge is 0.101 e. The zero-order valence-electron chi connectivity index (χ0n) is 21.9. The zero-order valence-corrected chi connectivity index (χ0v) is 21.9. The third-order valence-electron chi connectivity index (χ3n) is 7.07. The molecule has 2 heteroatoms. The van der Waals surface area contributed by atoms with Crippen LogP contribution < -0.4 is 0 Å². The van der Waals surface area contributed by atoms with Crippen molar-refractivity contribution in [2.24, 2.45) is 0 Å². The highest BCUT2D eigenvalue weighted by molar-refractivity contribution is 4.96. The van der Waals surface area contributed by atoms with Crippen LogP contribution in [0.2, 0.25) is 0 Å². The van der Waals surface area contributed by atoms with Crippen LogP contribution in [-0.4, -0.2) is 29.1 Å². The lowest BCUT2D eigenvalue weighted by molar-refractivity contribution is 0.136. The Morgan fingerprint density at radius 2 is 0.774 bits per heavy atom. The standard InChI is InChI=1S/C29H58N2/c1-4-7-10-12-14-15-16-17-18-19-21-23-26-31-28-27-30(25-9-6-3)29(31)24-22-20-13-11-8-5-2/h27-29H,4-26H2,1-3H3. The van der Waals surface area contributed by atoms with E-state index < -0.39 is 0 Å². The Bertz CT molecular complexity index is 392. The Hall–Kier alpha value is -0.660. The van der Waals surface area contributed by atoms with Crippen molar-refractivity contribution in [2.75, 3.05) is 13.1 Å². The maximum absolute atomic E-state index is 2.66. The van der Waals surface area contributed by atoms with E-state index in [0.717, 1.165) is 0 Å². The number of unbranched alkanes of at least 4 members (excludes halogenated alkanes) is 17. The first kappa shape index (κ1) is 28.4. The van der Waals surface area contributed by atoms with Gasteiger partial charge in [-0.1, -0.05) is 130 Å². The van der Waals surface area contributed by atoms with Crippen LogP contribution in [0.3, 0.4) is 0 Å². The molecule has 0 N–H and O–H groups in total. The largest absolute Gasteiger partial charge is 0.356 e. The minimum absolute atomic E-state index is 0.644. The minimum Gasteiger partial charge on any atom is -0.356 e. The lowest BCUT2D eigenvalue weighted by Gasteiger charge is -2.33. The molecular formula is C29H58N2. The molecule has 0 aromatic rings. The summed E-state index contributed by atoms with van der Waals surface area (Å²) in [5.74, 6) is 0. The molecule has 0 spiro atoms. The average molecular weight is 435 g/mol. The molecule has 184 valence electrons. The molecule has 0 fully saturated rings. The molecule has 31 heavy (non-hydrogen) atoms. The molecule has 1 rings (SSSR count). The van der Waals surface area contributed by atoms with Crippen LogP contribution in [0.1, 0.15) is 156 Å². The molecule has 0 aromatic carbocycles. The average Bonchev–Trinajstić information content (AvgIpc) is 3.17. The van der Waals surface area contributed by atoms with Gasteiger partial charge in [-0.2, -0.15) is 0 Å². The highest BCUT2D eigenvalue weighted by atomic mass is 15.4. The van der Waals surface area contributed by atoms with E-state index in [0.29, 0.717) is 6.17 Å². The van der Waals surface area contributed by atoms with Crippen LogP contribution in [0.15, 0.2) is 12.4 Å². The molecule has 0 bridgehead atoms. The highest BCUT2D eigenvalue weighted by Crippen LogP contribution is 2.23. The fourth-order valence-electron chi connectivity index (χ4n) is 4.92. The number of nitrogens with zero attached hydrogens (tertiary/aromatic N) is 2. The molecule has 1 unspecified atom stereocenters. The maximum atomic E-state index is 2.66. The summed E-state index contributed by atoms with van der Waals surface area (Å²) in [5.41, 5.74) is 0. The molecule has 0 aromatic heterocycles. The normalized spacial score (nSPS) is 16.0. The number of rotatable bonds is 23. The quantitative estimate of drug-likeness (QED) is 0.148. The van der Waals surface area contributed by atoms with E-state index in [-0.39, 0.29) is 0 Å². The molecule has 1 aliphatic rings. The minimum atomic E-state index is 0.644. The van der Waals surface area contributed by atoms with Crippen LogP contribution in [-0.2, 0) is 0 Å². The van der Waals surface area contributed by atoms with Crippen LogP contribution in [0.25, 0.3) is 0 Å². The monoisotopic (exact) mass is 434 g/mol. The predicted octanol–water partition coefficient (Wildman–Crippen LogP) is 9.65. The SMILES string of the molecule is CCCCCCCCCCCCCCN1C=CN(CCCC)C1CCCCCCCC. The fourth-order valence-corrected chi connectivity index (χ4v) is 4.92. The van der Waals surface area contributed by atoms with Crippen molar-refractivity contribution in [3.05, 3.63) is 12.4 Å². The Balaban J connectivity index is 2.11. The van der Waals surface area contributed by atoms with Crippen molar-refractivity contribution in [3.8, 4) is 0 Å². The number of hydrogen-bond donors (Lipinski definition) is 0. The highest BCUT2D eigenvalue weighted by Gasteiger charge is 2.24. The Kier molecular flexibility index (Phi) is 19.4. The molecular weight excluding hydrogens is 376 g/mol. The molecule has 1 heterocycles. The molecule has 0 aliphatic carbocycles. The van der Waals surface area contributed by atoms with Crippen LogP contribution in [0.4, 0.5) is 0 Å². The molecule has 1 aliphatic heterocycles. The van der Waals surface area contributed by atoms with Gasteiger partial charge in [0.2, 0.25) is 0 Å². The maximum Gasteiger partial charge on any atom is 0.101 e. The summed E-state index contributed by atoms with van der Waals surface area (Å²) in [6, 6.07) is 0.